The number of anilines is 1. The summed E-state index contributed by atoms with van der Waals surface area (Å²) in [7, 11) is 0. The Bertz CT molecular complexity index is 560. The van der Waals surface area contributed by atoms with Crippen molar-refractivity contribution in [3.05, 3.63) is 36.8 Å². The van der Waals surface area contributed by atoms with E-state index >= 15 is 0 Å². The quantitative estimate of drug-likeness (QED) is 0.925. The molecular weight excluding hydrogens is 248 g/mol. The van der Waals surface area contributed by atoms with Crippen LogP contribution in [0.15, 0.2) is 36.8 Å². The van der Waals surface area contributed by atoms with E-state index in [-0.39, 0.29) is 0 Å². The highest BCUT2D eigenvalue weighted by atomic mass is 15.3. The third-order valence-electron chi connectivity index (χ3n) is 4.35. The molecule has 0 spiro atoms. The molecule has 1 atom stereocenters. The van der Waals surface area contributed by atoms with Crippen LogP contribution in [0.5, 0.6) is 0 Å². The Hall–Kier alpha value is -1.84. The summed E-state index contributed by atoms with van der Waals surface area (Å²) >= 11 is 0. The Morgan fingerprint density at radius 1 is 1.25 bits per heavy atom. The molecule has 2 aromatic heterocycles. The van der Waals surface area contributed by atoms with Crippen LogP contribution in [0.2, 0.25) is 0 Å². The Labute approximate surface area is 120 Å². The lowest BCUT2D eigenvalue weighted by atomic mass is 9.73. The van der Waals surface area contributed by atoms with Crippen LogP contribution in [0.1, 0.15) is 39.5 Å². The Kier molecular flexibility index (Phi) is 3.47. The number of hydrogen-bond donors (Lipinski definition) is 1. The minimum absolute atomic E-state index is 0.329. The molecule has 0 radical (unpaired) electrons. The van der Waals surface area contributed by atoms with Crippen molar-refractivity contribution in [2.24, 2.45) is 5.41 Å². The lowest BCUT2D eigenvalue weighted by Gasteiger charge is -2.39. The van der Waals surface area contributed by atoms with E-state index in [2.05, 4.69) is 35.3 Å². The molecule has 106 valence electrons. The molecule has 0 bridgehead atoms. The standard InChI is InChI=1S/C16H22N4/c1-16(2)9-4-3-8-14(16)19-13-7-5-10-17-15(13)20-12-6-11-18-20/h5-7,10-12,14,19H,3-4,8-9H2,1-2H3. The summed E-state index contributed by atoms with van der Waals surface area (Å²) in [6, 6.07) is 6.48. The molecule has 0 aliphatic heterocycles. The molecule has 0 aromatic carbocycles. The molecule has 4 heteroatoms. The van der Waals surface area contributed by atoms with Gasteiger partial charge in [0.25, 0.3) is 0 Å². The van der Waals surface area contributed by atoms with Gasteiger partial charge < -0.3 is 5.32 Å². The van der Waals surface area contributed by atoms with Gasteiger partial charge in [-0.05, 0) is 36.5 Å². The van der Waals surface area contributed by atoms with Crippen molar-refractivity contribution in [3.8, 4) is 5.82 Å². The van der Waals surface area contributed by atoms with Crippen LogP contribution >= 0.6 is 0 Å². The van der Waals surface area contributed by atoms with Crippen LogP contribution in [-0.2, 0) is 0 Å². The molecule has 1 saturated carbocycles. The Morgan fingerprint density at radius 3 is 2.90 bits per heavy atom. The minimum atomic E-state index is 0.329. The third kappa shape index (κ3) is 2.55. The third-order valence-corrected chi connectivity index (χ3v) is 4.35. The van der Waals surface area contributed by atoms with Gasteiger partial charge in [0.1, 0.15) is 0 Å². The van der Waals surface area contributed by atoms with Crippen LogP contribution in [0.4, 0.5) is 5.69 Å². The summed E-state index contributed by atoms with van der Waals surface area (Å²) < 4.78 is 1.82. The first kappa shape index (κ1) is 13.2. The van der Waals surface area contributed by atoms with Crippen LogP contribution in [0.3, 0.4) is 0 Å². The number of aromatic nitrogens is 3. The maximum absolute atomic E-state index is 4.47. The van der Waals surface area contributed by atoms with Gasteiger partial charge in [0.15, 0.2) is 5.82 Å². The maximum atomic E-state index is 4.47. The summed E-state index contributed by atoms with van der Waals surface area (Å²) in [6.45, 7) is 4.71. The zero-order valence-corrected chi connectivity index (χ0v) is 12.2. The minimum Gasteiger partial charge on any atom is -0.379 e. The van der Waals surface area contributed by atoms with Gasteiger partial charge >= 0.3 is 0 Å². The van der Waals surface area contributed by atoms with Crippen molar-refractivity contribution in [2.75, 3.05) is 5.32 Å². The van der Waals surface area contributed by atoms with E-state index in [1.807, 2.05) is 29.2 Å². The lowest BCUT2D eigenvalue weighted by Crippen LogP contribution is -2.39. The van der Waals surface area contributed by atoms with Crippen molar-refractivity contribution in [1.82, 2.24) is 14.8 Å². The molecule has 0 amide bonds. The van der Waals surface area contributed by atoms with Crippen LogP contribution < -0.4 is 5.32 Å². The summed E-state index contributed by atoms with van der Waals surface area (Å²) in [5.74, 6) is 0.874. The molecular formula is C16H22N4. The maximum Gasteiger partial charge on any atom is 0.176 e. The Morgan fingerprint density at radius 2 is 2.15 bits per heavy atom. The zero-order chi connectivity index (χ0) is 14.0. The average molecular weight is 270 g/mol. The highest BCUT2D eigenvalue weighted by Gasteiger charge is 2.32. The molecule has 2 aromatic rings. The molecule has 20 heavy (non-hydrogen) atoms. The van der Waals surface area contributed by atoms with Gasteiger partial charge in [-0.25, -0.2) is 9.67 Å². The largest absolute Gasteiger partial charge is 0.379 e. The van der Waals surface area contributed by atoms with Gasteiger partial charge in [0, 0.05) is 24.6 Å². The number of hydrogen-bond acceptors (Lipinski definition) is 3. The van der Waals surface area contributed by atoms with Gasteiger partial charge in [-0.2, -0.15) is 5.10 Å². The Balaban J connectivity index is 1.88. The highest BCUT2D eigenvalue weighted by Crippen LogP contribution is 2.37. The first-order valence-corrected chi connectivity index (χ1v) is 7.38. The predicted octanol–water partition coefficient (Wildman–Crippen LogP) is 3.65. The molecule has 1 aliphatic carbocycles. The number of nitrogens with one attached hydrogen (secondary N) is 1. The summed E-state index contributed by atoms with van der Waals surface area (Å²) in [5, 5.41) is 8.00. The van der Waals surface area contributed by atoms with E-state index in [0.29, 0.717) is 11.5 Å². The summed E-state index contributed by atoms with van der Waals surface area (Å²) in [4.78, 5) is 4.47. The lowest BCUT2D eigenvalue weighted by molar-refractivity contribution is 0.217. The SMILES string of the molecule is CC1(C)CCCCC1Nc1cccnc1-n1cccn1. The van der Waals surface area contributed by atoms with Crippen molar-refractivity contribution < 1.29 is 0 Å². The fourth-order valence-electron chi connectivity index (χ4n) is 3.04. The van der Waals surface area contributed by atoms with Crippen molar-refractivity contribution in [3.63, 3.8) is 0 Å². The number of nitrogens with zero attached hydrogens (tertiary/aromatic N) is 3. The van der Waals surface area contributed by atoms with Gasteiger partial charge in [0.05, 0.1) is 5.69 Å². The van der Waals surface area contributed by atoms with Crippen LogP contribution in [0, 0.1) is 5.41 Å². The average Bonchev–Trinajstić information content (AvgIpc) is 2.95. The van der Waals surface area contributed by atoms with E-state index in [0.717, 1.165) is 11.5 Å². The predicted molar refractivity (Wildman–Crippen MR) is 81.0 cm³/mol. The highest BCUT2D eigenvalue weighted by molar-refractivity contribution is 5.57. The molecule has 2 heterocycles. The van der Waals surface area contributed by atoms with E-state index < -0.39 is 0 Å². The second-order valence-electron chi connectivity index (χ2n) is 6.26. The summed E-state index contributed by atoms with van der Waals surface area (Å²) in [6.07, 6.45) is 10.7. The van der Waals surface area contributed by atoms with Crippen LogP contribution in [-0.4, -0.2) is 20.8 Å². The second-order valence-corrected chi connectivity index (χ2v) is 6.26. The van der Waals surface area contributed by atoms with Crippen molar-refractivity contribution in [2.45, 2.75) is 45.6 Å². The van der Waals surface area contributed by atoms with E-state index in [1.54, 1.807) is 6.20 Å². The van der Waals surface area contributed by atoms with Gasteiger partial charge in [-0.1, -0.05) is 26.7 Å². The molecule has 4 nitrogen and oxygen atoms in total. The molecule has 1 N–H and O–H groups in total. The smallest absolute Gasteiger partial charge is 0.176 e. The number of rotatable bonds is 3. The van der Waals surface area contributed by atoms with Crippen molar-refractivity contribution in [1.29, 1.82) is 0 Å². The monoisotopic (exact) mass is 270 g/mol. The molecule has 3 rings (SSSR count). The first-order valence-electron chi connectivity index (χ1n) is 7.38. The first-order chi connectivity index (χ1) is 9.67. The fraction of sp³-hybridized carbons (Fsp3) is 0.500. The topological polar surface area (TPSA) is 42.7 Å². The van der Waals surface area contributed by atoms with E-state index in [4.69, 9.17) is 0 Å². The number of pyridine rings is 1. The molecule has 1 fully saturated rings. The zero-order valence-electron chi connectivity index (χ0n) is 12.2. The van der Waals surface area contributed by atoms with Crippen LogP contribution in [0.25, 0.3) is 5.82 Å². The van der Waals surface area contributed by atoms with Gasteiger partial charge in [-0.15, -0.1) is 0 Å². The van der Waals surface area contributed by atoms with Crippen molar-refractivity contribution >= 4 is 5.69 Å². The molecule has 0 saturated heterocycles. The van der Waals surface area contributed by atoms with E-state index in [9.17, 15) is 0 Å². The van der Waals surface area contributed by atoms with E-state index in [1.165, 1.54) is 25.7 Å². The molecule has 1 unspecified atom stereocenters. The fourth-order valence-corrected chi connectivity index (χ4v) is 3.04. The summed E-state index contributed by atoms with van der Waals surface area (Å²) in [5.41, 5.74) is 1.39. The molecule has 1 aliphatic rings. The van der Waals surface area contributed by atoms with Gasteiger partial charge in [-0.3, -0.25) is 0 Å². The normalized spacial score (nSPS) is 21.6. The second kappa shape index (κ2) is 5.27. The van der Waals surface area contributed by atoms with Gasteiger partial charge in [0.2, 0.25) is 0 Å².